The van der Waals surface area contributed by atoms with E-state index in [-0.39, 0.29) is 24.0 Å². The minimum absolute atomic E-state index is 0.00258. The summed E-state index contributed by atoms with van der Waals surface area (Å²) >= 11 is 0. The normalized spacial score (nSPS) is 27.7. The Balaban J connectivity index is 1.58. The molecule has 2 amide bonds. The molecule has 2 aliphatic rings. The second kappa shape index (κ2) is 5.48. The molecule has 3 rings (SSSR count). The van der Waals surface area contributed by atoms with E-state index in [1.54, 1.807) is 31.0 Å². The summed E-state index contributed by atoms with van der Waals surface area (Å²) in [5.41, 5.74) is 0.594. The van der Waals surface area contributed by atoms with Gasteiger partial charge >= 0.3 is 0 Å². The van der Waals surface area contributed by atoms with Gasteiger partial charge in [0.15, 0.2) is 0 Å². The van der Waals surface area contributed by atoms with Crippen LogP contribution in [0.5, 0.6) is 0 Å². The summed E-state index contributed by atoms with van der Waals surface area (Å²) in [6, 6.07) is 1.73. The maximum atomic E-state index is 12.4. The Bertz CT molecular complexity index is 542. The Kier molecular flexibility index (Phi) is 3.67. The Hall–Kier alpha value is -1.89. The van der Waals surface area contributed by atoms with Gasteiger partial charge in [-0.05, 0) is 12.5 Å². The minimum Gasteiger partial charge on any atom is -0.372 e. The van der Waals surface area contributed by atoms with Gasteiger partial charge in [0.25, 0.3) is 5.91 Å². The molecule has 3 heterocycles. The van der Waals surface area contributed by atoms with Crippen molar-refractivity contribution in [2.75, 3.05) is 20.1 Å². The third-order valence-electron chi connectivity index (χ3n) is 4.33. The summed E-state index contributed by atoms with van der Waals surface area (Å²) < 4.78 is 7.50. The number of amides is 2. The number of hydrogen-bond donors (Lipinski definition) is 1. The Morgan fingerprint density at radius 3 is 2.90 bits per heavy atom. The van der Waals surface area contributed by atoms with Gasteiger partial charge in [0, 0.05) is 39.3 Å². The molecule has 0 radical (unpaired) electrons. The van der Waals surface area contributed by atoms with Crippen LogP contribution in [-0.4, -0.2) is 58.8 Å². The molecule has 1 aromatic heterocycles. The summed E-state index contributed by atoms with van der Waals surface area (Å²) in [5.74, 6) is 0.329. The van der Waals surface area contributed by atoms with Gasteiger partial charge < -0.3 is 15.0 Å². The van der Waals surface area contributed by atoms with E-state index in [1.807, 2.05) is 4.90 Å². The van der Waals surface area contributed by atoms with Crippen molar-refractivity contribution in [2.45, 2.75) is 25.0 Å². The van der Waals surface area contributed by atoms with Crippen LogP contribution in [0.2, 0.25) is 0 Å². The molecule has 2 fully saturated rings. The molecular formula is C14H20N4O3. The maximum Gasteiger partial charge on any atom is 0.272 e. The van der Waals surface area contributed by atoms with E-state index >= 15 is 0 Å². The van der Waals surface area contributed by atoms with E-state index in [4.69, 9.17) is 4.74 Å². The molecule has 0 aromatic carbocycles. The molecule has 0 saturated carbocycles. The van der Waals surface area contributed by atoms with E-state index < -0.39 is 0 Å². The first-order chi connectivity index (χ1) is 10.1. The fraction of sp³-hybridized carbons (Fsp3) is 0.643. The van der Waals surface area contributed by atoms with Crippen molar-refractivity contribution in [3.63, 3.8) is 0 Å². The van der Waals surface area contributed by atoms with Gasteiger partial charge in [0.05, 0.1) is 18.6 Å². The molecule has 2 saturated heterocycles. The predicted molar refractivity (Wildman–Crippen MR) is 74.6 cm³/mol. The summed E-state index contributed by atoms with van der Waals surface area (Å²) in [5, 5.41) is 6.65. The van der Waals surface area contributed by atoms with Crippen molar-refractivity contribution in [2.24, 2.45) is 13.0 Å². The average molecular weight is 292 g/mol. The highest BCUT2D eigenvalue weighted by atomic mass is 16.5. The summed E-state index contributed by atoms with van der Waals surface area (Å²) in [4.78, 5) is 25.6. The monoisotopic (exact) mass is 292 g/mol. The van der Waals surface area contributed by atoms with Crippen molar-refractivity contribution >= 4 is 11.8 Å². The Morgan fingerprint density at radius 1 is 1.48 bits per heavy atom. The molecule has 114 valence electrons. The number of ether oxygens (including phenoxy) is 1. The van der Waals surface area contributed by atoms with Crippen LogP contribution in [0.4, 0.5) is 0 Å². The van der Waals surface area contributed by atoms with Crippen LogP contribution in [0.15, 0.2) is 12.3 Å². The zero-order valence-corrected chi connectivity index (χ0v) is 12.3. The first-order valence-corrected chi connectivity index (χ1v) is 7.21. The molecule has 0 spiro atoms. The lowest BCUT2D eigenvalue weighted by molar-refractivity contribution is -0.123. The standard InChI is InChI=1S/C14H20N4O3/c1-15-13(19)6-10-5-9-7-18(8-12(9)21-10)14(20)11-3-4-16-17(11)2/h3-4,9-10,12H,5-8H2,1-2H3,(H,15,19)/t9-,10-,12+/m0/s1. The zero-order chi connectivity index (χ0) is 15.0. The van der Waals surface area contributed by atoms with Crippen LogP contribution in [0, 0.1) is 5.92 Å². The fourth-order valence-electron chi connectivity index (χ4n) is 3.21. The predicted octanol–water partition coefficient (Wildman–Crippen LogP) is -0.214. The number of carbonyl (C=O) groups excluding carboxylic acids is 2. The molecule has 0 aliphatic carbocycles. The third kappa shape index (κ3) is 2.65. The van der Waals surface area contributed by atoms with Crippen LogP contribution < -0.4 is 5.32 Å². The SMILES string of the molecule is CNC(=O)C[C@@H]1C[C@H]2CN(C(=O)c3ccnn3C)C[C@H]2O1. The van der Waals surface area contributed by atoms with Crippen LogP contribution in [0.3, 0.4) is 0 Å². The molecule has 3 atom stereocenters. The lowest BCUT2D eigenvalue weighted by atomic mass is 10.0. The lowest BCUT2D eigenvalue weighted by Gasteiger charge is -2.19. The highest BCUT2D eigenvalue weighted by molar-refractivity contribution is 5.92. The van der Waals surface area contributed by atoms with E-state index in [9.17, 15) is 9.59 Å². The number of hydrogen-bond acceptors (Lipinski definition) is 4. The Labute approximate surface area is 123 Å². The number of fused-ring (bicyclic) bond motifs is 1. The summed E-state index contributed by atoms with van der Waals surface area (Å²) in [6.07, 6.45) is 2.90. The van der Waals surface area contributed by atoms with Gasteiger partial charge in [0.1, 0.15) is 5.69 Å². The van der Waals surface area contributed by atoms with Gasteiger partial charge in [0.2, 0.25) is 5.91 Å². The first kappa shape index (κ1) is 14.1. The summed E-state index contributed by atoms with van der Waals surface area (Å²) in [7, 11) is 3.40. The zero-order valence-electron chi connectivity index (χ0n) is 12.3. The molecule has 0 unspecified atom stereocenters. The van der Waals surface area contributed by atoms with Crippen LogP contribution in [-0.2, 0) is 16.6 Å². The number of nitrogens with zero attached hydrogens (tertiary/aromatic N) is 3. The molecular weight excluding hydrogens is 272 g/mol. The van der Waals surface area contributed by atoms with E-state index in [0.29, 0.717) is 31.1 Å². The molecule has 7 heteroatoms. The first-order valence-electron chi connectivity index (χ1n) is 7.21. The van der Waals surface area contributed by atoms with E-state index in [0.717, 1.165) is 6.42 Å². The fourth-order valence-corrected chi connectivity index (χ4v) is 3.21. The minimum atomic E-state index is -0.0195. The van der Waals surface area contributed by atoms with Crippen molar-refractivity contribution in [3.05, 3.63) is 18.0 Å². The molecule has 2 aliphatic heterocycles. The smallest absolute Gasteiger partial charge is 0.272 e. The largest absolute Gasteiger partial charge is 0.372 e. The molecule has 7 nitrogen and oxygen atoms in total. The molecule has 21 heavy (non-hydrogen) atoms. The number of nitrogens with one attached hydrogen (secondary N) is 1. The average Bonchev–Trinajstić information content (AvgIpc) is 3.12. The van der Waals surface area contributed by atoms with Crippen molar-refractivity contribution in [1.29, 1.82) is 0 Å². The van der Waals surface area contributed by atoms with Gasteiger partial charge in [-0.1, -0.05) is 0 Å². The van der Waals surface area contributed by atoms with Crippen molar-refractivity contribution < 1.29 is 14.3 Å². The number of aryl methyl sites for hydroxylation is 1. The maximum absolute atomic E-state index is 12.4. The Morgan fingerprint density at radius 2 is 2.29 bits per heavy atom. The lowest BCUT2D eigenvalue weighted by Crippen LogP contribution is -2.33. The second-order valence-electron chi connectivity index (χ2n) is 5.72. The van der Waals surface area contributed by atoms with Crippen molar-refractivity contribution in [1.82, 2.24) is 20.0 Å². The number of carbonyl (C=O) groups is 2. The molecule has 1 aromatic rings. The highest BCUT2D eigenvalue weighted by Crippen LogP contribution is 2.34. The van der Waals surface area contributed by atoms with Crippen LogP contribution >= 0.6 is 0 Å². The van der Waals surface area contributed by atoms with Gasteiger partial charge in [-0.25, -0.2) is 0 Å². The van der Waals surface area contributed by atoms with Gasteiger partial charge in [-0.2, -0.15) is 5.10 Å². The topological polar surface area (TPSA) is 76.5 Å². The number of aromatic nitrogens is 2. The molecule has 1 N–H and O–H groups in total. The highest BCUT2D eigenvalue weighted by Gasteiger charge is 2.44. The van der Waals surface area contributed by atoms with Crippen molar-refractivity contribution in [3.8, 4) is 0 Å². The van der Waals surface area contributed by atoms with E-state index in [1.165, 1.54) is 0 Å². The van der Waals surface area contributed by atoms with Gasteiger partial charge in [-0.3, -0.25) is 14.3 Å². The second-order valence-corrected chi connectivity index (χ2v) is 5.72. The quantitative estimate of drug-likeness (QED) is 0.836. The summed E-state index contributed by atoms with van der Waals surface area (Å²) in [6.45, 7) is 1.29. The number of likely N-dealkylation sites (tertiary alicyclic amines) is 1. The van der Waals surface area contributed by atoms with Crippen LogP contribution in [0.25, 0.3) is 0 Å². The third-order valence-corrected chi connectivity index (χ3v) is 4.33. The van der Waals surface area contributed by atoms with Crippen LogP contribution in [0.1, 0.15) is 23.3 Å². The number of rotatable bonds is 3. The van der Waals surface area contributed by atoms with Gasteiger partial charge in [-0.15, -0.1) is 0 Å². The molecule has 0 bridgehead atoms. The van der Waals surface area contributed by atoms with E-state index in [2.05, 4.69) is 10.4 Å².